The second-order valence-corrected chi connectivity index (χ2v) is 3.77. The van der Waals surface area contributed by atoms with Gasteiger partial charge in [-0.15, -0.1) is 0 Å². The van der Waals surface area contributed by atoms with Gasteiger partial charge in [0.15, 0.2) is 5.96 Å². The molecule has 0 bridgehead atoms. The van der Waals surface area contributed by atoms with E-state index in [0.29, 0.717) is 5.96 Å². The maximum absolute atomic E-state index is 5.89. The fourth-order valence-electron chi connectivity index (χ4n) is 1.95. The average Bonchev–Trinajstić information content (AvgIpc) is 2.29. The van der Waals surface area contributed by atoms with E-state index in [1.807, 2.05) is 6.92 Å². The summed E-state index contributed by atoms with van der Waals surface area (Å²) in [6.45, 7) is 4.63. The van der Waals surface area contributed by atoms with Crippen molar-refractivity contribution < 1.29 is 0 Å². The highest BCUT2D eigenvalue weighted by atomic mass is 15.2. The Labute approximate surface area is 90.6 Å². The first-order chi connectivity index (χ1) is 7.31. The van der Waals surface area contributed by atoms with Gasteiger partial charge in [0.2, 0.25) is 0 Å². The molecule has 1 aromatic carbocycles. The van der Waals surface area contributed by atoms with Gasteiger partial charge in [0.25, 0.3) is 0 Å². The van der Waals surface area contributed by atoms with Crippen LogP contribution in [0.4, 0.5) is 0 Å². The number of benzene rings is 1. The quantitative estimate of drug-likeness (QED) is 0.553. The van der Waals surface area contributed by atoms with Crippen LogP contribution in [0.15, 0.2) is 29.3 Å². The van der Waals surface area contributed by atoms with Crippen molar-refractivity contribution in [3.63, 3.8) is 0 Å². The lowest BCUT2D eigenvalue weighted by atomic mass is 10.0. The molecule has 0 atom stereocenters. The lowest BCUT2D eigenvalue weighted by Gasteiger charge is -2.29. The van der Waals surface area contributed by atoms with E-state index in [1.165, 1.54) is 11.1 Å². The SMILES string of the molecule is CCN=C(N)N1CCc2ccccc2C1. The Kier molecular flexibility index (Phi) is 2.90. The fraction of sp³-hybridized carbons (Fsp3) is 0.417. The Morgan fingerprint density at radius 1 is 1.40 bits per heavy atom. The van der Waals surface area contributed by atoms with E-state index in [1.54, 1.807) is 0 Å². The van der Waals surface area contributed by atoms with Crippen molar-refractivity contribution >= 4 is 5.96 Å². The summed E-state index contributed by atoms with van der Waals surface area (Å²) < 4.78 is 0. The van der Waals surface area contributed by atoms with Gasteiger partial charge in [-0.3, -0.25) is 4.99 Å². The predicted molar refractivity (Wildman–Crippen MR) is 62.7 cm³/mol. The number of hydrogen-bond donors (Lipinski definition) is 1. The first-order valence-electron chi connectivity index (χ1n) is 5.43. The van der Waals surface area contributed by atoms with Crippen LogP contribution in [0.1, 0.15) is 18.1 Å². The summed E-state index contributed by atoms with van der Waals surface area (Å²) in [6, 6.07) is 8.54. The Hall–Kier alpha value is -1.51. The van der Waals surface area contributed by atoms with Crippen molar-refractivity contribution in [3.05, 3.63) is 35.4 Å². The topological polar surface area (TPSA) is 41.6 Å². The molecule has 0 aliphatic carbocycles. The highest BCUT2D eigenvalue weighted by Crippen LogP contribution is 2.17. The number of guanidine groups is 1. The van der Waals surface area contributed by atoms with Crippen LogP contribution in [-0.2, 0) is 13.0 Å². The molecule has 0 aromatic heterocycles. The molecular weight excluding hydrogens is 186 g/mol. The minimum Gasteiger partial charge on any atom is -0.370 e. The van der Waals surface area contributed by atoms with Crippen LogP contribution in [0.2, 0.25) is 0 Å². The van der Waals surface area contributed by atoms with Crippen LogP contribution in [-0.4, -0.2) is 23.9 Å². The summed E-state index contributed by atoms with van der Waals surface area (Å²) in [5.41, 5.74) is 8.71. The Morgan fingerprint density at radius 3 is 2.87 bits per heavy atom. The third-order valence-corrected chi connectivity index (χ3v) is 2.77. The molecule has 0 unspecified atom stereocenters. The van der Waals surface area contributed by atoms with E-state index in [0.717, 1.165) is 26.1 Å². The summed E-state index contributed by atoms with van der Waals surface area (Å²) in [4.78, 5) is 6.39. The molecule has 0 fully saturated rings. The molecule has 80 valence electrons. The smallest absolute Gasteiger partial charge is 0.191 e. The highest BCUT2D eigenvalue weighted by Gasteiger charge is 2.16. The van der Waals surface area contributed by atoms with Crippen LogP contribution in [0.5, 0.6) is 0 Å². The summed E-state index contributed by atoms with van der Waals surface area (Å²) in [5.74, 6) is 0.673. The molecule has 1 aliphatic rings. The van der Waals surface area contributed by atoms with E-state index in [9.17, 15) is 0 Å². The molecular formula is C12H17N3. The van der Waals surface area contributed by atoms with E-state index in [2.05, 4.69) is 34.2 Å². The third kappa shape index (κ3) is 2.12. The maximum atomic E-state index is 5.89. The summed E-state index contributed by atoms with van der Waals surface area (Å²) >= 11 is 0. The van der Waals surface area contributed by atoms with E-state index >= 15 is 0 Å². The fourth-order valence-corrected chi connectivity index (χ4v) is 1.95. The molecule has 1 heterocycles. The first kappa shape index (κ1) is 10.0. The molecule has 1 aliphatic heterocycles. The summed E-state index contributed by atoms with van der Waals surface area (Å²) in [5, 5.41) is 0. The number of nitrogens with zero attached hydrogens (tertiary/aromatic N) is 2. The molecule has 0 spiro atoms. The van der Waals surface area contributed by atoms with Gasteiger partial charge >= 0.3 is 0 Å². The molecule has 3 heteroatoms. The van der Waals surface area contributed by atoms with Gasteiger partial charge in [0, 0.05) is 19.6 Å². The number of rotatable bonds is 1. The number of aliphatic imine (C=N–C) groups is 1. The van der Waals surface area contributed by atoms with Crippen molar-refractivity contribution in [2.24, 2.45) is 10.7 Å². The zero-order valence-electron chi connectivity index (χ0n) is 9.11. The molecule has 0 radical (unpaired) electrons. The zero-order valence-corrected chi connectivity index (χ0v) is 9.11. The van der Waals surface area contributed by atoms with Crippen molar-refractivity contribution in [2.75, 3.05) is 13.1 Å². The predicted octanol–water partition coefficient (Wildman–Crippen LogP) is 1.38. The van der Waals surface area contributed by atoms with Crippen LogP contribution < -0.4 is 5.73 Å². The van der Waals surface area contributed by atoms with E-state index < -0.39 is 0 Å². The van der Waals surface area contributed by atoms with Gasteiger partial charge in [0.1, 0.15) is 0 Å². The number of hydrogen-bond acceptors (Lipinski definition) is 1. The lowest BCUT2D eigenvalue weighted by molar-refractivity contribution is 0.388. The molecule has 0 amide bonds. The first-order valence-corrected chi connectivity index (χ1v) is 5.43. The minimum absolute atomic E-state index is 0.673. The molecule has 15 heavy (non-hydrogen) atoms. The standard InChI is InChI=1S/C12H17N3/c1-2-14-12(13)15-8-7-10-5-3-4-6-11(10)9-15/h3-6H,2,7-9H2,1H3,(H2,13,14). The Morgan fingerprint density at radius 2 is 2.13 bits per heavy atom. The van der Waals surface area contributed by atoms with Crippen molar-refractivity contribution in [3.8, 4) is 0 Å². The third-order valence-electron chi connectivity index (χ3n) is 2.77. The van der Waals surface area contributed by atoms with Gasteiger partial charge in [-0.1, -0.05) is 24.3 Å². The van der Waals surface area contributed by atoms with Crippen LogP contribution in [0.25, 0.3) is 0 Å². The summed E-state index contributed by atoms with van der Waals surface area (Å²) in [7, 11) is 0. The zero-order chi connectivity index (χ0) is 10.7. The van der Waals surface area contributed by atoms with Crippen molar-refractivity contribution in [1.82, 2.24) is 4.90 Å². The molecule has 1 aromatic rings. The van der Waals surface area contributed by atoms with E-state index in [-0.39, 0.29) is 0 Å². The number of nitrogens with two attached hydrogens (primary N) is 1. The van der Waals surface area contributed by atoms with Crippen LogP contribution in [0.3, 0.4) is 0 Å². The molecule has 0 saturated carbocycles. The van der Waals surface area contributed by atoms with Crippen LogP contribution in [0, 0.1) is 0 Å². The van der Waals surface area contributed by atoms with Gasteiger partial charge in [-0.25, -0.2) is 0 Å². The molecule has 2 rings (SSSR count). The van der Waals surface area contributed by atoms with E-state index in [4.69, 9.17) is 5.73 Å². The van der Waals surface area contributed by atoms with Gasteiger partial charge in [0.05, 0.1) is 0 Å². The number of fused-ring (bicyclic) bond motifs is 1. The van der Waals surface area contributed by atoms with Gasteiger partial charge in [-0.05, 0) is 24.5 Å². The molecule has 2 N–H and O–H groups in total. The minimum atomic E-state index is 0.673. The highest BCUT2D eigenvalue weighted by molar-refractivity contribution is 5.78. The largest absolute Gasteiger partial charge is 0.370 e. The maximum Gasteiger partial charge on any atom is 0.191 e. The second kappa shape index (κ2) is 4.34. The van der Waals surface area contributed by atoms with Crippen LogP contribution >= 0.6 is 0 Å². The summed E-state index contributed by atoms with van der Waals surface area (Å²) in [6.07, 6.45) is 1.07. The molecule has 3 nitrogen and oxygen atoms in total. The Balaban J connectivity index is 2.15. The average molecular weight is 203 g/mol. The van der Waals surface area contributed by atoms with Crippen molar-refractivity contribution in [2.45, 2.75) is 19.9 Å². The Bertz CT molecular complexity index is 371. The lowest BCUT2D eigenvalue weighted by Crippen LogP contribution is -2.40. The monoisotopic (exact) mass is 203 g/mol. The molecule has 0 saturated heterocycles. The normalized spacial score (nSPS) is 16.3. The van der Waals surface area contributed by atoms with Gasteiger partial charge < -0.3 is 10.6 Å². The van der Waals surface area contributed by atoms with Gasteiger partial charge in [-0.2, -0.15) is 0 Å². The second-order valence-electron chi connectivity index (χ2n) is 3.77. The van der Waals surface area contributed by atoms with Crippen molar-refractivity contribution in [1.29, 1.82) is 0 Å².